The molecular weight excluding hydrogens is 328 g/mol. The molecule has 0 fully saturated rings. The van der Waals surface area contributed by atoms with Gasteiger partial charge in [-0.2, -0.15) is 10.2 Å². The lowest BCUT2D eigenvalue weighted by Gasteiger charge is -2.08. The summed E-state index contributed by atoms with van der Waals surface area (Å²) in [5, 5.41) is 13.1. The third-order valence-corrected chi connectivity index (χ3v) is 3.84. The quantitative estimate of drug-likeness (QED) is 0.633. The Bertz CT molecular complexity index is 843. The van der Waals surface area contributed by atoms with Gasteiger partial charge in [0.1, 0.15) is 6.04 Å². The molecule has 3 rings (SSSR count). The second-order valence-corrected chi connectivity index (χ2v) is 5.87. The average molecular weight is 349 g/mol. The Kier molecular flexibility index (Phi) is 5.90. The lowest BCUT2D eigenvalue weighted by molar-refractivity contribution is -0.684. The SMILES string of the molecule is C[C@H]([NH2+]CC(=O)Nc1ccc(N=Nc2ccccc2)cc1)c1ccco1. The summed E-state index contributed by atoms with van der Waals surface area (Å²) in [6, 6.07) is 20.6. The van der Waals surface area contributed by atoms with Gasteiger partial charge >= 0.3 is 0 Å². The Labute approximate surface area is 152 Å². The van der Waals surface area contributed by atoms with Crippen LogP contribution in [0.25, 0.3) is 0 Å². The van der Waals surface area contributed by atoms with Gasteiger partial charge in [-0.15, -0.1) is 0 Å². The highest BCUT2D eigenvalue weighted by molar-refractivity contribution is 5.91. The van der Waals surface area contributed by atoms with Gasteiger partial charge in [-0.25, -0.2) is 0 Å². The summed E-state index contributed by atoms with van der Waals surface area (Å²) < 4.78 is 5.33. The van der Waals surface area contributed by atoms with Crippen LogP contribution in [0.5, 0.6) is 0 Å². The lowest BCUT2D eigenvalue weighted by atomic mass is 10.2. The van der Waals surface area contributed by atoms with Crippen LogP contribution in [0.4, 0.5) is 17.1 Å². The molecule has 1 heterocycles. The lowest BCUT2D eigenvalue weighted by Crippen LogP contribution is -2.86. The molecule has 3 N–H and O–H groups in total. The molecule has 1 amide bonds. The first-order valence-electron chi connectivity index (χ1n) is 8.44. The van der Waals surface area contributed by atoms with Crippen molar-refractivity contribution in [1.29, 1.82) is 0 Å². The molecule has 1 aromatic heterocycles. The largest absolute Gasteiger partial charge is 0.463 e. The fourth-order valence-corrected chi connectivity index (χ4v) is 2.38. The zero-order valence-corrected chi connectivity index (χ0v) is 14.5. The van der Waals surface area contributed by atoms with Crippen LogP contribution in [0.2, 0.25) is 0 Å². The molecule has 0 spiro atoms. The molecule has 0 saturated carbocycles. The molecule has 6 nitrogen and oxygen atoms in total. The van der Waals surface area contributed by atoms with Crippen molar-refractivity contribution in [3.05, 3.63) is 78.8 Å². The van der Waals surface area contributed by atoms with Crippen LogP contribution in [-0.2, 0) is 4.79 Å². The summed E-state index contributed by atoms with van der Waals surface area (Å²) in [5.74, 6) is 0.785. The monoisotopic (exact) mass is 349 g/mol. The Morgan fingerprint density at radius 3 is 2.35 bits per heavy atom. The highest BCUT2D eigenvalue weighted by atomic mass is 16.3. The Morgan fingerprint density at radius 1 is 1.00 bits per heavy atom. The molecule has 0 aliphatic carbocycles. The zero-order valence-electron chi connectivity index (χ0n) is 14.5. The number of amides is 1. The first-order chi connectivity index (χ1) is 12.7. The number of nitrogens with one attached hydrogen (secondary N) is 1. The minimum Gasteiger partial charge on any atom is -0.463 e. The van der Waals surface area contributed by atoms with Crippen molar-refractivity contribution in [2.24, 2.45) is 10.2 Å². The number of azo groups is 1. The molecule has 0 unspecified atom stereocenters. The zero-order chi connectivity index (χ0) is 18.2. The predicted octanol–water partition coefficient (Wildman–Crippen LogP) is 3.96. The van der Waals surface area contributed by atoms with E-state index < -0.39 is 0 Å². The predicted molar refractivity (Wildman–Crippen MR) is 99.6 cm³/mol. The number of rotatable bonds is 7. The first kappa shape index (κ1) is 17.6. The van der Waals surface area contributed by atoms with Gasteiger partial charge in [0.2, 0.25) is 0 Å². The van der Waals surface area contributed by atoms with Crippen LogP contribution in [0, 0.1) is 0 Å². The van der Waals surface area contributed by atoms with E-state index in [1.165, 1.54) is 0 Å². The van der Waals surface area contributed by atoms with Crippen LogP contribution in [0.3, 0.4) is 0 Å². The summed E-state index contributed by atoms with van der Waals surface area (Å²) in [6.45, 7) is 2.32. The maximum Gasteiger partial charge on any atom is 0.279 e. The second-order valence-electron chi connectivity index (χ2n) is 5.87. The fraction of sp³-hybridized carbons (Fsp3) is 0.150. The molecule has 26 heavy (non-hydrogen) atoms. The van der Waals surface area contributed by atoms with E-state index in [4.69, 9.17) is 4.42 Å². The number of benzene rings is 2. The number of quaternary nitrogens is 1. The number of hydrogen-bond acceptors (Lipinski definition) is 4. The summed E-state index contributed by atoms with van der Waals surface area (Å²) >= 11 is 0. The fourth-order valence-electron chi connectivity index (χ4n) is 2.38. The summed E-state index contributed by atoms with van der Waals surface area (Å²) in [6.07, 6.45) is 1.64. The number of carbonyl (C=O) groups excluding carboxylic acids is 1. The first-order valence-corrected chi connectivity index (χ1v) is 8.44. The number of carbonyl (C=O) groups is 1. The minimum absolute atomic E-state index is 0.0675. The van der Waals surface area contributed by atoms with E-state index in [0.29, 0.717) is 6.54 Å². The number of furan rings is 1. The summed E-state index contributed by atoms with van der Waals surface area (Å²) in [5.41, 5.74) is 2.25. The maximum absolute atomic E-state index is 12.1. The molecule has 0 aliphatic heterocycles. The second kappa shape index (κ2) is 8.73. The normalized spacial score (nSPS) is 12.2. The van der Waals surface area contributed by atoms with E-state index in [2.05, 4.69) is 15.5 Å². The molecule has 132 valence electrons. The molecule has 2 aromatic carbocycles. The van der Waals surface area contributed by atoms with Crippen LogP contribution < -0.4 is 10.6 Å². The topological polar surface area (TPSA) is 83.6 Å². The van der Waals surface area contributed by atoms with Gasteiger partial charge in [-0.1, -0.05) is 18.2 Å². The summed E-state index contributed by atoms with van der Waals surface area (Å²) in [4.78, 5) is 12.1. The van der Waals surface area contributed by atoms with Gasteiger partial charge < -0.3 is 15.1 Å². The van der Waals surface area contributed by atoms with E-state index in [9.17, 15) is 4.79 Å². The molecule has 3 aromatic rings. The average Bonchev–Trinajstić information content (AvgIpc) is 3.21. The van der Waals surface area contributed by atoms with E-state index in [0.717, 1.165) is 22.8 Å². The van der Waals surface area contributed by atoms with Gasteiger partial charge in [0, 0.05) is 5.69 Å². The number of anilines is 1. The minimum atomic E-state index is -0.0675. The van der Waals surface area contributed by atoms with E-state index in [-0.39, 0.29) is 11.9 Å². The number of nitrogens with two attached hydrogens (primary N) is 1. The number of hydrogen-bond donors (Lipinski definition) is 2. The van der Waals surface area contributed by atoms with Crippen molar-refractivity contribution < 1.29 is 14.5 Å². The van der Waals surface area contributed by atoms with Crippen LogP contribution >= 0.6 is 0 Å². The van der Waals surface area contributed by atoms with Crippen LogP contribution in [-0.4, -0.2) is 12.5 Å². The smallest absolute Gasteiger partial charge is 0.279 e. The molecule has 1 atom stereocenters. The Balaban J connectivity index is 1.49. The molecule has 0 bridgehead atoms. The Morgan fingerprint density at radius 2 is 1.69 bits per heavy atom. The van der Waals surface area contributed by atoms with Crippen LogP contribution in [0.15, 0.2) is 87.6 Å². The van der Waals surface area contributed by atoms with Gasteiger partial charge in [0.05, 0.1) is 17.6 Å². The maximum atomic E-state index is 12.1. The standard InChI is InChI=1S/C20H20N4O2/c1-15(19-8-5-13-26-19)21-14-20(25)22-16-9-11-18(12-10-16)24-23-17-6-3-2-4-7-17/h2-13,15,21H,14H2,1H3,(H,22,25)/p+1/t15-/m0/s1. The van der Waals surface area contributed by atoms with Gasteiger partial charge in [-0.3, -0.25) is 4.79 Å². The number of nitrogens with zero attached hydrogens (tertiary/aromatic N) is 2. The Hall–Kier alpha value is -3.25. The highest BCUT2D eigenvalue weighted by Gasteiger charge is 2.13. The van der Waals surface area contributed by atoms with Crippen molar-refractivity contribution >= 4 is 23.0 Å². The van der Waals surface area contributed by atoms with Crippen molar-refractivity contribution in [2.75, 3.05) is 11.9 Å². The van der Waals surface area contributed by atoms with E-state index >= 15 is 0 Å². The van der Waals surface area contributed by atoms with Gasteiger partial charge in [0.25, 0.3) is 5.91 Å². The molecule has 0 saturated heterocycles. The van der Waals surface area contributed by atoms with Crippen LogP contribution in [0.1, 0.15) is 18.7 Å². The summed E-state index contributed by atoms with van der Waals surface area (Å²) in [7, 11) is 0. The van der Waals surface area contributed by atoms with Crippen molar-refractivity contribution in [2.45, 2.75) is 13.0 Å². The van der Waals surface area contributed by atoms with Crippen molar-refractivity contribution in [3.63, 3.8) is 0 Å². The third-order valence-electron chi connectivity index (χ3n) is 3.84. The molecular formula is C20H21N4O2+. The third kappa shape index (κ3) is 5.12. The highest BCUT2D eigenvalue weighted by Crippen LogP contribution is 2.19. The van der Waals surface area contributed by atoms with Crippen molar-refractivity contribution in [3.8, 4) is 0 Å². The molecule has 6 heteroatoms. The van der Waals surface area contributed by atoms with E-state index in [1.54, 1.807) is 6.26 Å². The van der Waals surface area contributed by atoms with E-state index in [1.807, 2.05) is 79.0 Å². The molecule has 0 aliphatic rings. The van der Waals surface area contributed by atoms with Gasteiger partial charge in [-0.05, 0) is 55.5 Å². The van der Waals surface area contributed by atoms with Gasteiger partial charge in [0.15, 0.2) is 12.3 Å². The molecule has 0 radical (unpaired) electrons. The van der Waals surface area contributed by atoms with Crippen molar-refractivity contribution in [1.82, 2.24) is 0 Å².